The van der Waals surface area contributed by atoms with Gasteiger partial charge in [0.25, 0.3) is 0 Å². The van der Waals surface area contributed by atoms with Gasteiger partial charge in [-0.3, -0.25) is 4.98 Å². The quantitative estimate of drug-likeness (QED) is 0.736. The molecular weight excluding hydrogens is 198 g/mol. The van der Waals surface area contributed by atoms with E-state index in [0.29, 0.717) is 5.82 Å². The molecule has 0 amide bonds. The summed E-state index contributed by atoms with van der Waals surface area (Å²) in [6.45, 7) is 0. The molecule has 0 fully saturated rings. The van der Waals surface area contributed by atoms with Crippen LogP contribution in [0.1, 0.15) is 5.69 Å². The summed E-state index contributed by atoms with van der Waals surface area (Å²) in [7, 11) is 0. The van der Waals surface area contributed by atoms with Gasteiger partial charge in [-0.05, 0) is 0 Å². The summed E-state index contributed by atoms with van der Waals surface area (Å²) in [5.41, 5.74) is 6.31. The molecule has 0 bridgehead atoms. The molecule has 0 aliphatic rings. The third-order valence-electron chi connectivity index (χ3n) is 1.56. The Kier molecular flexibility index (Phi) is 2.64. The normalized spacial score (nSPS) is 10.3. The molecule has 2 aromatic heterocycles. The summed E-state index contributed by atoms with van der Waals surface area (Å²) in [5.74, 6) is 1.18. The van der Waals surface area contributed by atoms with Crippen LogP contribution in [0.15, 0.2) is 29.9 Å². The molecule has 2 rings (SSSR count). The molecule has 5 nitrogen and oxygen atoms in total. The Morgan fingerprint density at radius 3 is 2.86 bits per heavy atom. The SMILES string of the molecule is Nc1cnc(CSc2ncc[nH]2)cn1. The lowest BCUT2D eigenvalue weighted by molar-refractivity contribution is 1.05. The molecule has 2 aromatic rings. The molecule has 0 unspecified atom stereocenters. The Morgan fingerprint density at radius 2 is 2.21 bits per heavy atom. The number of anilines is 1. The third kappa shape index (κ3) is 2.23. The fraction of sp³-hybridized carbons (Fsp3) is 0.125. The number of nitrogens with two attached hydrogens (primary N) is 1. The predicted octanol–water partition coefficient (Wildman–Crippen LogP) is 1.07. The molecule has 0 saturated heterocycles. The van der Waals surface area contributed by atoms with Crippen LogP contribution in [0.3, 0.4) is 0 Å². The van der Waals surface area contributed by atoms with Crippen LogP contribution in [0.25, 0.3) is 0 Å². The van der Waals surface area contributed by atoms with E-state index in [1.165, 1.54) is 0 Å². The molecule has 0 aromatic carbocycles. The fourth-order valence-corrected chi connectivity index (χ4v) is 1.63. The molecule has 0 atom stereocenters. The standard InChI is InChI=1S/C8H9N5S/c9-7-4-12-6(3-13-7)5-14-8-10-1-2-11-8/h1-4H,5H2,(H2,9,13)(H,10,11). The van der Waals surface area contributed by atoms with Crippen molar-refractivity contribution >= 4 is 17.6 Å². The van der Waals surface area contributed by atoms with Crippen molar-refractivity contribution in [1.29, 1.82) is 0 Å². The second-order valence-electron chi connectivity index (χ2n) is 2.62. The van der Waals surface area contributed by atoms with E-state index in [1.54, 1.807) is 36.5 Å². The number of rotatable bonds is 3. The zero-order valence-electron chi connectivity index (χ0n) is 7.34. The molecule has 72 valence electrons. The van der Waals surface area contributed by atoms with Crippen molar-refractivity contribution < 1.29 is 0 Å². The van der Waals surface area contributed by atoms with Crippen LogP contribution < -0.4 is 5.73 Å². The second-order valence-corrected chi connectivity index (χ2v) is 3.58. The number of hydrogen-bond donors (Lipinski definition) is 2. The van der Waals surface area contributed by atoms with Gasteiger partial charge in [0.2, 0.25) is 0 Å². The van der Waals surface area contributed by atoms with Crippen molar-refractivity contribution in [2.24, 2.45) is 0 Å². The van der Waals surface area contributed by atoms with Crippen molar-refractivity contribution in [2.45, 2.75) is 10.9 Å². The van der Waals surface area contributed by atoms with E-state index in [4.69, 9.17) is 5.73 Å². The monoisotopic (exact) mass is 207 g/mol. The molecule has 14 heavy (non-hydrogen) atoms. The van der Waals surface area contributed by atoms with Crippen LogP contribution in [0.4, 0.5) is 5.82 Å². The highest BCUT2D eigenvalue weighted by molar-refractivity contribution is 7.98. The minimum atomic E-state index is 0.441. The molecule has 2 heterocycles. The number of H-pyrrole nitrogens is 1. The number of hydrogen-bond acceptors (Lipinski definition) is 5. The summed E-state index contributed by atoms with van der Waals surface area (Å²) in [5, 5.41) is 0.878. The van der Waals surface area contributed by atoms with Crippen LogP contribution in [-0.2, 0) is 5.75 Å². The first-order valence-corrected chi connectivity index (χ1v) is 5.02. The van der Waals surface area contributed by atoms with Crippen molar-refractivity contribution in [3.63, 3.8) is 0 Å². The van der Waals surface area contributed by atoms with Gasteiger partial charge in [0.1, 0.15) is 5.82 Å². The highest BCUT2D eigenvalue weighted by Gasteiger charge is 1.99. The smallest absolute Gasteiger partial charge is 0.165 e. The molecule has 0 aliphatic carbocycles. The van der Waals surface area contributed by atoms with E-state index in [9.17, 15) is 0 Å². The number of aromatic nitrogens is 4. The first-order chi connectivity index (χ1) is 6.84. The number of imidazole rings is 1. The van der Waals surface area contributed by atoms with Gasteiger partial charge in [0, 0.05) is 18.1 Å². The summed E-state index contributed by atoms with van der Waals surface area (Å²) in [6.07, 6.45) is 6.73. The fourth-order valence-electron chi connectivity index (χ4n) is 0.911. The third-order valence-corrected chi connectivity index (χ3v) is 2.49. The number of nitrogens with zero attached hydrogens (tertiary/aromatic N) is 3. The van der Waals surface area contributed by atoms with Gasteiger partial charge in [-0.2, -0.15) is 0 Å². The number of nitrogen functional groups attached to an aromatic ring is 1. The van der Waals surface area contributed by atoms with Gasteiger partial charge in [0.05, 0.1) is 18.1 Å². The van der Waals surface area contributed by atoms with E-state index < -0.39 is 0 Å². The van der Waals surface area contributed by atoms with E-state index in [1.807, 2.05) is 0 Å². The van der Waals surface area contributed by atoms with Crippen molar-refractivity contribution in [3.8, 4) is 0 Å². The van der Waals surface area contributed by atoms with Gasteiger partial charge in [0.15, 0.2) is 5.16 Å². The molecule has 6 heteroatoms. The second kappa shape index (κ2) is 4.10. The average molecular weight is 207 g/mol. The topological polar surface area (TPSA) is 80.5 Å². The Morgan fingerprint density at radius 1 is 1.29 bits per heavy atom. The van der Waals surface area contributed by atoms with Crippen molar-refractivity contribution in [3.05, 3.63) is 30.5 Å². The molecule has 0 spiro atoms. The molecule has 0 radical (unpaired) electrons. The maximum absolute atomic E-state index is 5.42. The summed E-state index contributed by atoms with van der Waals surface area (Å²) in [4.78, 5) is 15.2. The number of aromatic amines is 1. The van der Waals surface area contributed by atoms with Crippen LogP contribution in [-0.4, -0.2) is 19.9 Å². The van der Waals surface area contributed by atoms with Crippen LogP contribution >= 0.6 is 11.8 Å². The molecule has 0 saturated carbocycles. The van der Waals surface area contributed by atoms with Gasteiger partial charge in [-0.25, -0.2) is 9.97 Å². The summed E-state index contributed by atoms with van der Waals surface area (Å²) < 4.78 is 0. The zero-order chi connectivity index (χ0) is 9.80. The minimum Gasteiger partial charge on any atom is -0.382 e. The van der Waals surface area contributed by atoms with Crippen LogP contribution in [0.5, 0.6) is 0 Å². The van der Waals surface area contributed by atoms with E-state index in [-0.39, 0.29) is 0 Å². The zero-order valence-corrected chi connectivity index (χ0v) is 8.16. The minimum absolute atomic E-state index is 0.441. The highest BCUT2D eigenvalue weighted by Crippen LogP contribution is 2.16. The maximum atomic E-state index is 5.42. The first-order valence-electron chi connectivity index (χ1n) is 4.03. The largest absolute Gasteiger partial charge is 0.382 e. The maximum Gasteiger partial charge on any atom is 0.165 e. The lowest BCUT2D eigenvalue weighted by atomic mass is 10.5. The predicted molar refractivity (Wildman–Crippen MR) is 54.6 cm³/mol. The van der Waals surface area contributed by atoms with E-state index in [0.717, 1.165) is 16.6 Å². The Hall–Kier alpha value is -1.56. The molecule has 3 N–H and O–H groups in total. The van der Waals surface area contributed by atoms with E-state index in [2.05, 4.69) is 19.9 Å². The Balaban J connectivity index is 1.95. The van der Waals surface area contributed by atoms with Gasteiger partial charge >= 0.3 is 0 Å². The van der Waals surface area contributed by atoms with Crippen LogP contribution in [0.2, 0.25) is 0 Å². The van der Waals surface area contributed by atoms with Crippen LogP contribution in [0, 0.1) is 0 Å². The average Bonchev–Trinajstić information content (AvgIpc) is 2.70. The molecule has 0 aliphatic heterocycles. The summed E-state index contributed by atoms with van der Waals surface area (Å²) >= 11 is 1.58. The lowest BCUT2D eigenvalue weighted by Crippen LogP contribution is -1.94. The van der Waals surface area contributed by atoms with Crippen molar-refractivity contribution in [2.75, 3.05) is 5.73 Å². The number of thioether (sulfide) groups is 1. The van der Waals surface area contributed by atoms with E-state index >= 15 is 0 Å². The highest BCUT2D eigenvalue weighted by atomic mass is 32.2. The Labute approximate surface area is 85.2 Å². The first kappa shape index (κ1) is 9.01. The number of nitrogens with one attached hydrogen (secondary N) is 1. The van der Waals surface area contributed by atoms with Crippen molar-refractivity contribution in [1.82, 2.24) is 19.9 Å². The van der Waals surface area contributed by atoms with Gasteiger partial charge < -0.3 is 10.7 Å². The van der Waals surface area contributed by atoms with Gasteiger partial charge in [-0.1, -0.05) is 11.8 Å². The summed E-state index contributed by atoms with van der Waals surface area (Å²) in [6, 6.07) is 0. The Bertz CT molecular complexity index is 383. The van der Waals surface area contributed by atoms with Gasteiger partial charge in [-0.15, -0.1) is 0 Å². The lowest BCUT2D eigenvalue weighted by Gasteiger charge is -1.97. The molecular formula is C8H9N5S.